The number of nitrogens with zero attached hydrogens (tertiary/aromatic N) is 1. The largest absolute Gasteiger partial charge is 0.492 e. The fraction of sp³-hybridized carbons (Fsp3) is 0.600. The summed E-state index contributed by atoms with van der Waals surface area (Å²) in [5, 5.41) is 3.36. The molecule has 18 heavy (non-hydrogen) atoms. The third-order valence-corrected chi connectivity index (χ3v) is 4.17. The van der Waals surface area contributed by atoms with Crippen LogP contribution < -0.4 is 10.1 Å². The van der Waals surface area contributed by atoms with E-state index in [4.69, 9.17) is 4.74 Å². The summed E-state index contributed by atoms with van der Waals surface area (Å²) in [6.45, 7) is 4.02. The first kappa shape index (κ1) is 12.0. The van der Waals surface area contributed by atoms with E-state index in [1.807, 2.05) is 0 Å². The SMILES string of the molecule is CN1CCCCC1COc1ccc2c(c1)CNC2. The number of piperidine rings is 1. The molecule has 1 N–H and O–H groups in total. The van der Waals surface area contributed by atoms with E-state index in [1.165, 1.54) is 36.9 Å². The second-order valence-corrected chi connectivity index (χ2v) is 5.48. The molecular weight excluding hydrogens is 224 g/mol. The summed E-state index contributed by atoms with van der Waals surface area (Å²) in [5.41, 5.74) is 2.81. The molecule has 0 amide bonds. The first-order chi connectivity index (χ1) is 8.83. The molecule has 98 valence electrons. The molecule has 0 spiro atoms. The van der Waals surface area contributed by atoms with Gasteiger partial charge >= 0.3 is 0 Å². The highest BCUT2D eigenvalue weighted by Gasteiger charge is 2.19. The number of hydrogen-bond acceptors (Lipinski definition) is 3. The van der Waals surface area contributed by atoms with Crippen molar-refractivity contribution in [2.24, 2.45) is 0 Å². The Morgan fingerprint density at radius 3 is 3.06 bits per heavy atom. The number of hydrogen-bond donors (Lipinski definition) is 1. The zero-order valence-corrected chi connectivity index (χ0v) is 11.1. The van der Waals surface area contributed by atoms with Crippen LogP contribution >= 0.6 is 0 Å². The van der Waals surface area contributed by atoms with E-state index in [0.717, 1.165) is 25.4 Å². The van der Waals surface area contributed by atoms with Crippen LogP contribution in [0, 0.1) is 0 Å². The van der Waals surface area contributed by atoms with Crippen LogP contribution in [0.25, 0.3) is 0 Å². The van der Waals surface area contributed by atoms with E-state index in [-0.39, 0.29) is 0 Å². The number of likely N-dealkylation sites (tertiary alicyclic amines) is 1. The summed E-state index contributed by atoms with van der Waals surface area (Å²) in [6.07, 6.45) is 3.94. The summed E-state index contributed by atoms with van der Waals surface area (Å²) in [7, 11) is 2.21. The van der Waals surface area contributed by atoms with Gasteiger partial charge in [-0.25, -0.2) is 0 Å². The molecule has 0 saturated carbocycles. The highest BCUT2D eigenvalue weighted by molar-refractivity contribution is 5.37. The average Bonchev–Trinajstić information content (AvgIpc) is 2.85. The first-order valence-electron chi connectivity index (χ1n) is 6.98. The van der Waals surface area contributed by atoms with Gasteiger partial charge in [-0.2, -0.15) is 0 Å². The van der Waals surface area contributed by atoms with Gasteiger partial charge in [0.15, 0.2) is 0 Å². The number of ether oxygens (including phenoxy) is 1. The van der Waals surface area contributed by atoms with Crippen LogP contribution in [0.3, 0.4) is 0 Å². The predicted octanol–water partition coefficient (Wildman–Crippen LogP) is 2.15. The number of nitrogens with one attached hydrogen (secondary N) is 1. The van der Waals surface area contributed by atoms with Crippen molar-refractivity contribution in [3.63, 3.8) is 0 Å². The topological polar surface area (TPSA) is 24.5 Å². The van der Waals surface area contributed by atoms with Crippen LogP contribution in [-0.2, 0) is 13.1 Å². The van der Waals surface area contributed by atoms with Gasteiger partial charge in [0.2, 0.25) is 0 Å². The van der Waals surface area contributed by atoms with Gasteiger partial charge in [-0.15, -0.1) is 0 Å². The highest BCUT2D eigenvalue weighted by atomic mass is 16.5. The number of likely N-dealkylation sites (N-methyl/N-ethyl adjacent to an activating group) is 1. The van der Waals surface area contributed by atoms with E-state index < -0.39 is 0 Å². The molecule has 2 aliphatic heterocycles. The molecule has 1 unspecified atom stereocenters. The summed E-state index contributed by atoms with van der Waals surface area (Å²) >= 11 is 0. The maximum absolute atomic E-state index is 5.97. The molecule has 2 aliphatic rings. The second-order valence-electron chi connectivity index (χ2n) is 5.48. The molecule has 1 atom stereocenters. The normalized spacial score (nSPS) is 23.9. The number of benzene rings is 1. The van der Waals surface area contributed by atoms with Gasteiger partial charge in [-0.3, -0.25) is 0 Å². The van der Waals surface area contributed by atoms with Crippen molar-refractivity contribution in [2.45, 2.75) is 38.4 Å². The van der Waals surface area contributed by atoms with Crippen LogP contribution in [-0.4, -0.2) is 31.1 Å². The summed E-state index contributed by atoms with van der Waals surface area (Å²) in [5.74, 6) is 1.02. The molecule has 1 saturated heterocycles. The Hall–Kier alpha value is -1.06. The van der Waals surface area contributed by atoms with Crippen LogP contribution in [0.1, 0.15) is 30.4 Å². The Kier molecular flexibility index (Phi) is 3.52. The maximum Gasteiger partial charge on any atom is 0.119 e. The van der Waals surface area contributed by atoms with Gasteiger partial charge in [0.05, 0.1) is 0 Å². The summed E-state index contributed by atoms with van der Waals surface area (Å²) in [4.78, 5) is 2.43. The third kappa shape index (κ3) is 2.52. The van der Waals surface area contributed by atoms with Crippen molar-refractivity contribution in [2.75, 3.05) is 20.2 Å². The van der Waals surface area contributed by atoms with Crippen molar-refractivity contribution in [3.8, 4) is 5.75 Å². The fourth-order valence-electron chi connectivity index (χ4n) is 2.91. The molecule has 1 fully saturated rings. The van der Waals surface area contributed by atoms with E-state index in [0.29, 0.717) is 6.04 Å². The smallest absolute Gasteiger partial charge is 0.119 e. The van der Waals surface area contributed by atoms with Crippen LogP contribution in [0.15, 0.2) is 18.2 Å². The second kappa shape index (κ2) is 5.29. The molecule has 3 rings (SSSR count). The first-order valence-corrected chi connectivity index (χ1v) is 6.98. The van der Waals surface area contributed by atoms with Crippen molar-refractivity contribution >= 4 is 0 Å². The Balaban J connectivity index is 1.59. The van der Waals surface area contributed by atoms with E-state index in [9.17, 15) is 0 Å². The maximum atomic E-state index is 5.97. The molecule has 0 bridgehead atoms. The van der Waals surface area contributed by atoms with Gasteiger partial charge in [-0.05, 0) is 49.7 Å². The lowest BCUT2D eigenvalue weighted by molar-refractivity contribution is 0.125. The van der Waals surface area contributed by atoms with Crippen molar-refractivity contribution < 1.29 is 4.74 Å². The zero-order valence-electron chi connectivity index (χ0n) is 11.1. The third-order valence-electron chi connectivity index (χ3n) is 4.17. The number of fused-ring (bicyclic) bond motifs is 1. The van der Waals surface area contributed by atoms with Gasteiger partial charge in [0.1, 0.15) is 12.4 Å². The predicted molar refractivity (Wildman–Crippen MR) is 72.7 cm³/mol. The van der Waals surface area contributed by atoms with Crippen molar-refractivity contribution in [1.29, 1.82) is 0 Å². The van der Waals surface area contributed by atoms with E-state index >= 15 is 0 Å². The minimum Gasteiger partial charge on any atom is -0.492 e. The molecule has 2 heterocycles. The van der Waals surface area contributed by atoms with Gasteiger partial charge < -0.3 is 15.0 Å². The lowest BCUT2D eigenvalue weighted by atomic mass is 10.0. The quantitative estimate of drug-likeness (QED) is 0.884. The molecule has 0 aromatic heterocycles. The lowest BCUT2D eigenvalue weighted by Crippen LogP contribution is -2.40. The van der Waals surface area contributed by atoms with Gasteiger partial charge in [0.25, 0.3) is 0 Å². The summed E-state index contributed by atoms with van der Waals surface area (Å²) in [6, 6.07) is 7.08. The minimum atomic E-state index is 0.588. The standard InChI is InChI=1S/C15H22N2O/c1-17-7-3-2-4-14(17)11-18-15-6-5-12-9-16-10-13(12)8-15/h5-6,8,14,16H,2-4,7,9-11H2,1H3. The van der Waals surface area contributed by atoms with E-state index in [1.54, 1.807) is 0 Å². The lowest BCUT2D eigenvalue weighted by Gasteiger charge is -2.32. The molecular formula is C15H22N2O. The van der Waals surface area contributed by atoms with Crippen LogP contribution in [0.2, 0.25) is 0 Å². The molecule has 3 nitrogen and oxygen atoms in total. The molecule has 1 aromatic rings. The van der Waals surface area contributed by atoms with Crippen molar-refractivity contribution in [3.05, 3.63) is 29.3 Å². The Bertz CT molecular complexity index is 419. The zero-order chi connectivity index (χ0) is 12.4. The number of rotatable bonds is 3. The van der Waals surface area contributed by atoms with Crippen LogP contribution in [0.5, 0.6) is 5.75 Å². The Morgan fingerprint density at radius 1 is 1.28 bits per heavy atom. The average molecular weight is 246 g/mol. The fourth-order valence-corrected chi connectivity index (χ4v) is 2.91. The molecule has 0 aliphatic carbocycles. The summed E-state index contributed by atoms with van der Waals surface area (Å²) < 4.78 is 5.97. The van der Waals surface area contributed by atoms with Crippen molar-refractivity contribution in [1.82, 2.24) is 10.2 Å². The Morgan fingerprint density at radius 2 is 2.17 bits per heavy atom. The molecule has 1 aromatic carbocycles. The highest BCUT2D eigenvalue weighted by Crippen LogP contribution is 2.23. The van der Waals surface area contributed by atoms with Crippen LogP contribution in [0.4, 0.5) is 0 Å². The van der Waals surface area contributed by atoms with Gasteiger partial charge in [0, 0.05) is 19.1 Å². The minimum absolute atomic E-state index is 0.588. The Labute approximate surface area is 109 Å². The van der Waals surface area contributed by atoms with E-state index in [2.05, 4.69) is 35.5 Å². The molecule has 0 radical (unpaired) electrons. The molecule has 3 heteroatoms. The van der Waals surface area contributed by atoms with Gasteiger partial charge in [-0.1, -0.05) is 12.5 Å². The monoisotopic (exact) mass is 246 g/mol.